The lowest BCUT2D eigenvalue weighted by Gasteiger charge is -2.46. The van der Waals surface area contributed by atoms with Crippen LogP contribution in [0.1, 0.15) is 44.9 Å². The van der Waals surface area contributed by atoms with Crippen LogP contribution in [0.15, 0.2) is 5.10 Å². The molecule has 2 aliphatic carbocycles. The van der Waals surface area contributed by atoms with E-state index >= 15 is 0 Å². The van der Waals surface area contributed by atoms with Crippen LogP contribution in [0.25, 0.3) is 0 Å². The molecule has 0 aromatic heterocycles. The molecule has 0 amide bonds. The SMILES string of the molecule is NC(=S)N/N=C1\CCC12CCCCC2. The summed E-state index contributed by atoms with van der Waals surface area (Å²) in [6, 6.07) is 0. The first-order chi connectivity index (χ1) is 6.73. The number of nitrogens with zero attached hydrogens (tertiary/aromatic N) is 1. The molecule has 0 saturated heterocycles. The zero-order valence-electron chi connectivity index (χ0n) is 8.38. The van der Waals surface area contributed by atoms with Crippen LogP contribution >= 0.6 is 12.2 Å². The van der Waals surface area contributed by atoms with E-state index in [9.17, 15) is 0 Å². The minimum atomic E-state index is 0.273. The van der Waals surface area contributed by atoms with Crippen molar-refractivity contribution in [1.82, 2.24) is 5.43 Å². The van der Waals surface area contributed by atoms with Gasteiger partial charge in [-0.3, -0.25) is 5.43 Å². The monoisotopic (exact) mass is 211 g/mol. The smallest absolute Gasteiger partial charge is 0.184 e. The van der Waals surface area contributed by atoms with Gasteiger partial charge in [0.25, 0.3) is 0 Å². The first-order valence-corrected chi connectivity index (χ1v) is 5.76. The molecule has 0 heterocycles. The quantitative estimate of drug-likeness (QED) is 0.514. The third-order valence-electron chi connectivity index (χ3n) is 3.56. The van der Waals surface area contributed by atoms with Gasteiger partial charge in [0.1, 0.15) is 0 Å². The van der Waals surface area contributed by atoms with E-state index in [-0.39, 0.29) is 5.11 Å². The van der Waals surface area contributed by atoms with Gasteiger partial charge in [-0.15, -0.1) is 0 Å². The van der Waals surface area contributed by atoms with Crippen molar-refractivity contribution in [3.63, 3.8) is 0 Å². The second kappa shape index (κ2) is 3.85. The molecule has 0 aromatic rings. The second-order valence-electron chi connectivity index (χ2n) is 4.38. The van der Waals surface area contributed by atoms with Crippen molar-refractivity contribution < 1.29 is 0 Å². The minimum Gasteiger partial charge on any atom is -0.375 e. The fourth-order valence-corrected chi connectivity index (χ4v) is 2.70. The maximum atomic E-state index is 5.35. The molecule has 0 aliphatic heterocycles. The summed E-state index contributed by atoms with van der Waals surface area (Å²) in [7, 11) is 0. The number of hydrogen-bond donors (Lipinski definition) is 2. The van der Waals surface area contributed by atoms with Crippen LogP contribution in [0.4, 0.5) is 0 Å². The molecule has 2 rings (SSSR count). The molecule has 2 aliphatic rings. The molecular weight excluding hydrogens is 194 g/mol. The van der Waals surface area contributed by atoms with Crippen molar-refractivity contribution in [2.75, 3.05) is 0 Å². The highest BCUT2D eigenvalue weighted by molar-refractivity contribution is 7.80. The average Bonchev–Trinajstić information content (AvgIpc) is 2.17. The van der Waals surface area contributed by atoms with Gasteiger partial charge < -0.3 is 5.73 Å². The van der Waals surface area contributed by atoms with Crippen LogP contribution in [0.3, 0.4) is 0 Å². The fraction of sp³-hybridized carbons (Fsp3) is 0.800. The topological polar surface area (TPSA) is 50.4 Å². The summed E-state index contributed by atoms with van der Waals surface area (Å²) in [5.74, 6) is 0. The summed E-state index contributed by atoms with van der Waals surface area (Å²) in [5.41, 5.74) is 9.79. The average molecular weight is 211 g/mol. The summed E-state index contributed by atoms with van der Waals surface area (Å²) in [5, 5.41) is 4.58. The highest BCUT2D eigenvalue weighted by atomic mass is 32.1. The lowest BCUT2D eigenvalue weighted by molar-refractivity contribution is 0.225. The van der Waals surface area contributed by atoms with E-state index in [0.29, 0.717) is 5.41 Å². The van der Waals surface area contributed by atoms with Gasteiger partial charge >= 0.3 is 0 Å². The number of hydrazone groups is 1. The Labute approximate surface area is 90.1 Å². The second-order valence-corrected chi connectivity index (χ2v) is 4.82. The summed E-state index contributed by atoms with van der Waals surface area (Å²) >= 11 is 4.74. The summed E-state index contributed by atoms with van der Waals surface area (Å²) in [6.45, 7) is 0. The standard InChI is InChI=1S/C10H17N3S/c11-9(14)13-12-8-4-7-10(8)5-2-1-3-6-10/h1-7H2,(H3,11,13,14)/b12-8+. The fourth-order valence-electron chi connectivity index (χ4n) is 2.65. The third-order valence-corrected chi connectivity index (χ3v) is 3.66. The Morgan fingerprint density at radius 2 is 2.00 bits per heavy atom. The Kier molecular flexibility index (Phi) is 2.72. The van der Waals surface area contributed by atoms with Crippen molar-refractivity contribution in [3.05, 3.63) is 0 Å². The molecule has 78 valence electrons. The lowest BCUT2D eigenvalue weighted by atomic mass is 9.59. The first-order valence-electron chi connectivity index (χ1n) is 5.35. The van der Waals surface area contributed by atoms with Crippen LogP contribution in [-0.4, -0.2) is 10.8 Å². The molecule has 4 heteroatoms. The van der Waals surface area contributed by atoms with E-state index in [1.165, 1.54) is 44.2 Å². The molecule has 2 saturated carbocycles. The van der Waals surface area contributed by atoms with Crippen LogP contribution < -0.4 is 11.2 Å². The van der Waals surface area contributed by atoms with Gasteiger partial charge in [-0.2, -0.15) is 5.10 Å². The molecule has 3 N–H and O–H groups in total. The van der Waals surface area contributed by atoms with Gasteiger partial charge in [0, 0.05) is 11.1 Å². The maximum absolute atomic E-state index is 5.35. The summed E-state index contributed by atoms with van der Waals surface area (Å²) in [6.07, 6.45) is 9.14. The highest BCUT2D eigenvalue weighted by Gasteiger charge is 2.44. The van der Waals surface area contributed by atoms with E-state index < -0.39 is 0 Å². The van der Waals surface area contributed by atoms with Crippen LogP contribution in [-0.2, 0) is 0 Å². The Bertz CT molecular complexity index is 267. The number of thiocarbonyl (C=S) groups is 1. The zero-order valence-corrected chi connectivity index (χ0v) is 9.20. The summed E-state index contributed by atoms with van der Waals surface area (Å²) in [4.78, 5) is 0. The predicted octanol–water partition coefficient (Wildman–Crippen LogP) is 1.92. The lowest BCUT2D eigenvalue weighted by Crippen LogP contribution is -2.44. The number of hydrogen-bond acceptors (Lipinski definition) is 2. The van der Waals surface area contributed by atoms with Gasteiger partial charge in [-0.05, 0) is 37.9 Å². The molecule has 14 heavy (non-hydrogen) atoms. The van der Waals surface area contributed by atoms with E-state index in [2.05, 4.69) is 10.5 Å². The van der Waals surface area contributed by atoms with E-state index in [1.54, 1.807) is 0 Å². The van der Waals surface area contributed by atoms with Crippen molar-refractivity contribution in [1.29, 1.82) is 0 Å². The number of nitrogens with two attached hydrogens (primary N) is 1. The molecule has 2 fully saturated rings. The van der Waals surface area contributed by atoms with Crippen molar-refractivity contribution >= 4 is 23.0 Å². The normalized spacial score (nSPS) is 27.3. The Morgan fingerprint density at radius 3 is 2.50 bits per heavy atom. The van der Waals surface area contributed by atoms with Crippen LogP contribution in [0, 0.1) is 5.41 Å². The van der Waals surface area contributed by atoms with Gasteiger partial charge in [-0.1, -0.05) is 19.3 Å². The Hall–Kier alpha value is -0.640. The maximum Gasteiger partial charge on any atom is 0.184 e. The first kappa shape index (κ1) is 9.90. The molecule has 1 spiro atoms. The third kappa shape index (κ3) is 1.75. The number of rotatable bonds is 1. The van der Waals surface area contributed by atoms with Gasteiger partial charge in [0.05, 0.1) is 0 Å². The van der Waals surface area contributed by atoms with Gasteiger partial charge in [-0.25, -0.2) is 0 Å². The molecule has 0 aromatic carbocycles. The van der Waals surface area contributed by atoms with Crippen LogP contribution in [0.5, 0.6) is 0 Å². The van der Waals surface area contributed by atoms with Gasteiger partial charge in [0.2, 0.25) is 0 Å². The highest BCUT2D eigenvalue weighted by Crippen LogP contribution is 2.49. The zero-order chi connectivity index (χ0) is 10.0. The number of nitrogens with one attached hydrogen (secondary N) is 1. The van der Waals surface area contributed by atoms with Crippen LogP contribution in [0.2, 0.25) is 0 Å². The molecule has 0 radical (unpaired) electrons. The predicted molar refractivity (Wildman–Crippen MR) is 62.1 cm³/mol. The van der Waals surface area contributed by atoms with Crippen molar-refractivity contribution in [2.24, 2.45) is 16.3 Å². The van der Waals surface area contributed by atoms with Gasteiger partial charge in [0.15, 0.2) is 5.11 Å². The minimum absolute atomic E-state index is 0.273. The molecule has 0 bridgehead atoms. The molecule has 3 nitrogen and oxygen atoms in total. The Morgan fingerprint density at radius 1 is 1.29 bits per heavy atom. The molecule has 0 atom stereocenters. The largest absolute Gasteiger partial charge is 0.375 e. The molecular formula is C10H17N3S. The summed E-state index contributed by atoms with van der Waals surface area (Å²) < 4.78 is 0. The van der Waals surface area contributed by atoms with E-state index in [4.69, 9.17) is 18.0 Å². The van der Waals surface area contributed by atoms with E-state index in [0.717, 1.165) is 6.42 Å². The Balaban J connectivity index is 1.99. The van der Waals surface area contributed by atoms with Crippen molar-refractivity contribution in [3.8, 4) is 0 Å². The van der Waals surface area contributed by atoms with Crippen molar-refractivity contribution in [2.45, 2.75) is 44.9 Å². The van der Waals surface area contributed by atoms with E-state index in [1.807, 2.05) is 0 Å². The molecule has 0 unspecified atom stereocenters.